The molecule has 4 aliphatic rings. The molecular weight excluding hydrogens is 368 g/mol. The Morgan fingerprint density at radius 3 is 2.33 bits per heavy atom. The summed E-state index contributed by atoms with van der Waals surface area (Å²) in [5.74, 6) is 4.13. The lowest BCUT2D eigenvalue weighted by molar-refractivity contribution is -0.203. The van der Waals surface area contributed by atoms with Crippen LogP contribution in [-0.4, -0.2) is 22.4 Å². The number of hydrogen-bond acceptors (Lipinski definition) is 2. The molecule has 4 aliphatic carbocycles. The molecule has 11 atom stereocenters. The maximum atomic E-state index is 11.7. The minimum atomic E-state index is -0.199. The first kappa shape index (κ1) is 23.1. The molecule has 0 spiro atoms. The molecule has 174 valence electrons. The van der Waals surface area contributed by atoms with E-state index in [1.165, 1.54) is 44.9 Å². The van der Waals surface area contributed by atoms with Gasteiger partial charge in [-0.1, -0.05) is 54.9 Å². The van der Waals surface area contributed by atoms with Gasteiger partial charge in [-0.05, 0) is 109 Å². The van der Waals surface area contributed by atoms with Gasteiger partial charge in [0.25, 0.3) is 0 Å². The van der Waals surface area contributed by atoms with Crippen LogP contribution >= 0.6 is 0 Å². The van der Waals surface area contributed by atoms with Crippen molar-refractivity contribution in [2.24, 2.45) is 57.7 Å². The van der Waals surface area contributed by atoms with Gasteiger partial charge in [-0.15, -0.1) is 0 Å². The Balaban J connectivity index is 1.59. The molecule has 0 aromatic carbocycles. The topological polar surface area (TPSA) is 40.5 Å². The highest BCUT2D eigenvalue weighted by molar-refractivity contribution is 5.14. The Morgan fingerprint density at radius 1 is 0.967 bits per heavy atom. The Labute approximate surface area is 186 Å². The molecule has 0 heterocycles. The zero-order valence-electron chi connectivity index (χ0n) is 21.0. The van der Waals surface area contributed by atoms with Gasteiger partial charge in [0.05, 0.1) is 12.2 Å². The quantitative estimate of drug-likeness (QED) is 0.536. The van der Waals surface area contributed by atoms with Gasteiger partial charge in [0.2, 0.25) is 0 Å². The van der Waals surface area contributed by atoms with Crippen molar-refractivity contribution in [3.05, 3.63) is 0 Å². The Hall–Kier alpha value is -0.0800. The standard InChI is InChI=1S/C28H50O2/c1-17-10-13-27(6)19(14-17)15-23(29)25-21-9-8-20(18(2)11-12-26(3,4)5)28(21,7)24(30)16-22(25)27/h17-25,29-30H,8-16H2,1-7H3/t17-,18-,19+,20-,21+,22+,23-,24+,25+,27+,28-/m0/s1. The lowest BCUT2D eigenvalue weighted by atomic mass is 9.42. The molecule has 0 bridgehead atoms. The minimum Gasteiger partial charge on any atom is -0.393 e. The van der Waals surface area contributed by atoms with Crippen molar-refractivity contribution in [1.82, 2.24) is 0 Å². The van der Waals surface area contributed by atoms with Crippen LogP contribution in [0.15, 0.2) is 0 Å². The van der Waals surface area contributed by atoms with Crippen LogP contribution in [0, 0.1) is 57.7 Å². The van der Waals surface area contributed by atoms with E-state index in [1.54, 1.807) is 0 Å². The molecule has 2 heteroatoms. The van der Waals surface area contributed by atoms with E-state index >= 15 is 0 Å². The van der Waals surface area contributed by atoms with E-state index < -0.39 is 0 Å². The van der Waals surface area contributed by atoms with E-state index in [-0.39, 0.29) is 17.6 Å². The first-order valence-corrected chi connectivity index (χ1v) is 13.2. The number of rotatable bonds is 3. The van der Waals surface area contributed by atoms with Gasteiger partial charge in [0.1, 0.15) is 0 Å². The van der Waals surface area contributed by atoms with E-state index in [0.717, 1.165) is 18.8 Å². The van der Waals surface area contributed by atoms with Crippen molar-refractivity contribution in [3.63, 3.8) is 0 Å². The molecule has 0 amide bonds. The van der Waals surface area contributed by atoms with Crippen LogP contribution in [0.3, 0.4) is 0 Å². The van der Waals surface area contributed by atoms with E-state index in [1.807, 2.05) is 0 Å². The summed E-state index contributed by atoms with van der Waals surface area (Å²) < 4.78 is 0. The highest BCUT2D eigenvalue weighted by atomic mass is 16.3. The monoisotopic (exact) mass is 418 g/mol. The fourth-order valence-corrected chi connectivity index (χ4v) is 9.23. The molecule has 0 radical (unpaired) electrons. The Morgan fingerprint density at radius 2 is 1.67 bits per heavy atom. The first-order valence-electron chi connectivity index (χ1n) is 13.2. The zero-order chi connectivity index (χ0) is 22.1. The van der Waals surface area contributed by atoms with Crippen LogP contribution in [0.4, 0.5) is 0 Å². The fraction of sp³-hybridized carbons (Fsp3) is 1.00. The molecule has 0 unspecified atom stereocenters. The number of aliphatic hydroxyl groups is 2. The predicted octanol–water partition coefficient (Wildman–Crippen LogP) is 6.69. The maximum Gasteiger partial charge on any atom is 0.0602 e. The predicted molar refractivity (Wildman–Crippen MR) is 125 cm³/mol. The van der Waals surface area contributed by atoms with Crippen LogP contribution in [0.25, 0.3) is 0 Å². The van der Waals surface area contributed by atoms with Gasteiger partial charge in [-0.2, -0.15) is 0 Å². The van der Waals surface area contributed by atoms with E-state index in [4.69, 9.17) is 0 Å². The molecule has 4 fully saturated rings. The first-order chi connectivity index (χ1) is 13.9. The summed E-state index contributed by atoms with van der Waals surface area (Å²) in [6.07, 6.45) is 10.5. The molecule has 2 N–H and O–H groups in total. The van der Waals surface area contributed by atoms with Crippen LogP contribution in [0.2, 0.25) is 0 Å². The average molecular weight is 419 g/mol. The van der Waals surface area contributed by atoms with Gasteiger partial charge in [0.15, 0.2) is 0 Å². The lowest BCUT2D eigenvalue weighted by Crippen LogP contribution is -2.62. The second kappa shape index (κ2) is 7.75. The van der Waals surface area contributed by atoms with Crippen molar-refractivity contribution in [2.75, 3.05) is 0 Å². The number of fused-ring (bicyclic) bond motifs is 5. The zero-order valence-corrected chi connectivity index (χ0v) is 21.0. The van der Waals surface area contributed by atoms with Crippen LogP contribution in [0.5, 0.6) is 0 Å². The van der Waals surface area contributed by atoms with Gasteiger partial charge < -0.3 is 10.2 Å². The summed E-state index contributed by atoms with van der Waals surface area (Å²) in [5, 5.41) is 23.1. The van der Waals surface area contributed by atoms with Crippen molar-refractivity contribution >= 4 is 0 Å². The van der Waals surface area contributed by atoms with E-state index in [0.29, 0.717) is 46.3 Å². The summed E-state index contributed by atoms with van der Waals surface area (Å²) in [6.45, 7) is 16.8. The average Bonchev–Trinajstić information content (AvgIpc) is 3.00. The number of hydrogen-bond donors (Lipinski definition) is 2. The van der Waals surface area contributed by atoms with Crippen LogP contribution in [0.1, 0.15) is 106 Å². The van der Waals surface area contributed by atoms with Crippen LogP contribution < -0.4 is 0 Å². The highest BCUT2D eigenvalue weighted by Crippen LogP contribution is 2.68. The molecule has 4 rings (SSSR count). The molecular formula is C28H50O2. The smallest absolute Gasteiger partial charge is 0.0602 e. The summed E-state index contributed by atoms with van der Waals surface area (Å²) in [6, 6.07) is 0. The molecule has 4 saturated carbocycles. The molecule has 0 aromatic heterocycles. The summed E-state index contributed by atoms with van der Waals surface area (Å²) in [5.41, 5.74) is 0.698. The molecule has 30 heavy (non-hydrogen) atoms. The van der Waals surface area contributed by atoms with Crippen molar-refractivity contribution in [2.45, 2.75) is 118 Å². The molecule has 0 aliphatic heterocycles. The highest BCUT2D eigenvalue weighted by Gasteiger charge is 2.65. The molecule has 2 nitrogen and oxygen atoms in total. The third kappa shape index (κ3) is 3.60. The van der Waals surface area contributed by atoms with Crippen molar-refractivity contribution in [1.29, 1.82) is 0 Å². The maximum absolute atomic E-state index is 11.7. The van der Waals surface area contributed by atoms with Crippen molar-refractivity contribution < 1.29 is 10.2 Å². The number of aliphatic hydroxyl groups excluding tert-OH is 2. The normalized spacial score (nSPS) is 52.3. The van der Waals surface area contributed by atoms with Gasteiger partial charge >= 0.3 is 0 Å². The van der Waals surface area contributed by atoms with E-state index in [2.05, 4.69) is 48.5 Å². The SMILES string of the molecule is C[C@H]1CC[C@]2(C)[C@H](C1)C[C@H](O)[C@H]1[C@H]2C[C@@H](O)[C@]2(C)[C@@H]1CC[C@H]2[C@@H](C)CCC(C)(C)C. The van der Waals surface area contributed by atoms with Gasteiger partial charge in [-0.3, -0.25) is 0 Å². The summed E-state index contributed by atoms with van der Waals surface area (Å²) in [7, 11) is 0. The van der Waals surface area contributed by atoms with E-state index in [9.17, 15) is 10.2 Å². The molecule has 0 saturated heterocycles. The third-order valence-corrected chi connectivity index (χ3v) is 11.2. The van der Waals surface area contributed by atoms with Gasteiger partial charge in [0, 0.05) is 0 Å². The fourth-order valence-electron chi connectivity index (χ4n) is 9.23. The second-order valence-electron chi connectivity index (χ2n) is 14.1. The lowest BCUT2D eigenvalue weighted by Gasteiger charge is -2.63. The summed E-state index contributed by atoms with van der Waals surface area (Å²) >= 11 is 0. The summed E-state index contributed by atoms with van der Waals surface area (Å²) in [4.78, 5) is 0. The Bertz CT molecular complexity index is 623. The third-order valence-electron chi connectivity index (χ3n) is 11.2. The minimum absolute atomic E-state index is 0.00932. The Kier molecular flexibility index (Phi) is 5.97. The second-order valence-corrected chi connectivity index (χ2v) is 14.1. The van der Waals surface area contributed by atoms with Gasteiger partial charge in [-0.25, -0.2) is 0 Å². The van der Waals surface area contributed by atoms with Crippen LogP contribution in [-0.2, 0) is 0 Å². The largest absolute Gasteiger partial charge is 0.393 e. The molecule has 0 aromatic rings. The van der Waals surface area contributed by atoms with Crippen molar-refractivity contribution in [3.8, 4) is 0 Å².